The summed E-state index contributed by atoms with van der Waals surface area (Å²) < 4.78 is 141. The Balaban J connectivity index is 0.759. The molecule has 828 valence electrons. The van der Waals surface area contributed by atoms with Crippen molar-refractivity contribution < 1.29 is 142 Å². The molecule has 2 aliphatic carbocycles. The van der Waals surface area contributed by atoms with E-state index in [9.17, 15) is 56.4 Å². The smallest absolute Gasteiger partial charge is 0.410 e. The van der Waals surface area contributed by atoms with Gasteiger partial charge >= 0.3 is 12.1 Å². The fourth-order valence-electron chi connectivity index (χ4n) is 19.8. The van der Waals surface area contributed by atoms with Gasteiger partial charge in [0.05, 0.1) is 232 Å². The predicted octanol–water partition coefficient (Wildman–Crippen LogP) is 10.6. The van der Waals surface area contributed by atoms with Crippen LogP contribution in [0.25, 0.3) is 21.3 Å². The molecule has 2 fully saturated rings. The number of methoxy groups -OCH3 is 2. The second-order valence-corrected chi connectivity index (χ2v) is 41.7. The van der Waals surface area contributed by atoms with E-state index in [2.05, 4.69) is 41.3 Å². The van der Waals surface area contributed by atoms with Crippen LogP contribution in [0.1, 0.15) is 154 Å². The van der Waals surface area contributed by atoms with Crippen LogP contribution in [-0.4, -0.2) is 382 Å². The molecule has 0 radical (unpaired) electrons. The summed E-state index contributed by atoms with van der Waals surface area (Å²) in [6.07, 6.45) is 9.47. The van der Waals surface area contributed by atoms with Gasteiger partial charge in [-0.1, -0.05) is 81.5 Å². The summed E-state index contributed by atoms with van der Waals surface area (Å²) in [5.41, 5.74) is 5.38. The van der Waals surface area contributed by atoms with Gasteiger partial charge in [-0.2, -0.15) is 13.5 Å². The maximum absolute atomic E-state index is 14.7. The Kier molecular flexibility index (Phi) is 53.4. The van der Waals surface area contributed by atoms with Crippen molar-refractivity contribution in [2.75, 3.05) is 281 Å². The SMILES string of the molecule is COCCOCCOCCOCCOCCOCCOCCOCCCN(CCCOCCOCCOCCOCCOCCOCCOCCOC)CCCc1cc(CC(=O)[C@H](C)NC(=O)[C@@H](CC(=O)CN2C(=O)C=CC2=O)C(C)C)ccc1COC(=O)N(CCOC1(C)CC2(C)CC(C)CC(Cn3ncc(-c4ccc(N5CCc6cccc(C(=O)Nc7nc8ccccc8s7)c6C5)nc4C(=O)O)c3C)(C2)C1)CCS(=O)(=O)O. The molecule has 149 heavy (non-hydrogen) atoms. The van der Waals surface area contributed by atoms with Gasteiger partial charge in [-0.05, 0) is 172 Å². The maximum Gasteiger partial charge on any atom is 0.410 e. The van der Waals surface area contributed by atoms with Crippen molar-refractivity contribution in [1.82, 2.24) is 39.8 Å². The molecule has 2 bridgehead atoms. The van der Waals surface area contributed by atoms with Gasteiger partial charge in [0.1, 0.15) is 12.4 Å². The zero-order chi connectivity index (χ0) is 107. The molecule has 42 heteroatoms. The van der Waals surface area contributed by atoms with Crippen LogP contribution < -0.4 is 15.5 Å². The van der Waals surface area contributed by atoms with Crippen LogP contribution in [0.3, 0.4) is 0 Å². The topological polar surface area (TPSA) is 458 Å². The number of aromatic nitrogens is 4. The van der Waals surface area contributed by atoms with Crippen LogP contribution in [0.4, 0.5) is 15.7 Å². The molecule has 10 rings (SSSR count). The van der Waals surface area contributed by atoms with Gasteiger partial charge in [0.15, 0.2) is 22.4 Å². The van der Waals surface area contributed by atoms with E-state index in [0.717, 1.165) is 68.9 Å². The fraction of sp³-hybridized carbons (Fsp3) is 0.654. The first-order valence-corrected chi connectivity index (χ1v) is 54.4. The predicted molar refractivity (Wildman–Crippen MR) is 557 cm³/mol. The van der Waals surface area contributed by atoms with Gasteiger partial charge in [-0.15, -0.1) is 0 Å². The standard InChI is InChI=1S/C107H158N10O30S2/c1-79(2)90(68-87(118)72-116-97(120)25-26-98(116)121)101(123)109-81(4)94(119)67-83-21-22-86(85(66-83)17-13-28-113(29-14-34-132-41-43-136-49-51-140-57-59-144-63-61-142-55-53-138-47-45-134-39-37-130-8)30-15-35-133-42-44-137-50-52-141-58-60-145-64-62-143-56-54-139-48-46-135-40-38-131-9)74-146-104(126)114(33-65-149(127,128)129)32-36-147-106(7)75-105(6)69-80(3)70-107(76-105,77-106)78-117-82(5)91(71-108-117)88-23-24-96(111-99(88)102(124)125)115-31-27-84-16-12-18-89(92(84)73-115)100(122)112-103-110-93-19-10-11-20-95(93)148-103/h10-12,16,18-26,66,71,79-81,90H,13-15,17,27-65,67-70,72-78H2,1-9H3,(H,109,123)(H,124,125)(H,110,112,122)(H,127,128,129)/t80?,81-,90-,105?,106?,107?/m0/s1. The quantitative estimate of drug-likeness (QED) is 0.0156. The first-order chi connectivity index (χ1) is 71.9. The number of rotatable bonds is 80. The highest BCUT2D eigenvalue weighted by Gasteiger charge is 2.56. The third-order valence-electron chi connectivity index (χ3n) is 26.4. The number of benzene rings is 3. The zero-order valence-corrected chi connectivity index (χ0v) is 90.0. The van der Waals surface area contributed by atoms with Gasteiger partial charge in [0, 0.05) is 127 Å². The molecule has 4 aliphatic rings. The summed E-state index contributed by atoms with van der Waals surface area (Å²) >= 11 is 1.40. The lowest BCUT2D eigenvalue weighted by molar-refractivity contribution is -0.163. The summed E-state index contributed by atoms with van der Waals surface area (Å²) in [6, 6.07) is 21.3. The lowest BCUT2D eigenvalue weighted by Gasteiger charge is -2.59. The third-order valence-corrected chi connectivity index (χ3v) is 28.1. The van der Waals surface area contributed by atoms with Crippen molar-refractivity contribution in [3.63, 3.8) is 0 Å². The van der Waals surface area contributed by atoms with Crippen molar-refractivity contribution in [1.29, 1.82) is 0 Å². The number of carboxylic acids is 1. The summed E-state index contributed by atoms with van der Waals surface area (Å²) in [6.45, 7) is 28.8. The number of para-hydroxylation sites is 1. The van der Waals surface area contributed by atoms with Crippen molar-refractivity contribution in [3.05, 3.63) is 136 Å². The number of aryl methyl sites for hydroxylation is 1. The number of hydrogen-bond donors (Lipinski definition) is 4. The Labute approximate surface area is 879 Å². The molecular weight excluding hydrogens is 1970 g/mol. The van der Waals surface area contributed by atoms with Crippen LogP contribution in [0.15, 0.2) is 91.1 Å². The molecule has 5 heterocycles. The van der Waals surface area contributed by atoms with E-state index in [0.29, 0.717) is 327 Å². The van der Waals surface area contributed by atoms with E-state index in [-0.39, 0.29) is 66.7 Å². The number of thiazole rings is 1. The Morgan fingerprint density at radius 1 is 0.597 bits per heavy atom. The first kappa shape index (κ1) is 122. The number of imide groups is 1. The fourth-order valence-corrected chi connectivity index (χ4v) is 21.1. The number of anilines is 2. The van der Waals surface area contributed by atoms with Crippen molar-refractivity contribution in [2.45, 2.75) is 157 Å². The van der Waals surface area contributed by atoms with Gasteiger partial charge in [-0.25, -0.2) is 19.6 Å². The average molecular weight is 2130 g/mol. The van der Waals surface area contributed by atoms with E-state index >= 15 is 0 Å². The first-order valence-electron chi connectivity index (χ1n) is 52.0. The number of amides is 5. The maximum atomic E-state index is 14.7. The molecule has 6 atom stereocenters. The number of fused-ring (bicyclic) bond motifs is 4. The van der Waals surface area contributed by atoms with Crippen LogP contribution in [0.2, 0.25) is 0 Å². The van der Waals surface area contributed by atoms with Gasteiger partial charge in [-0.3, -0.25) is 48.2 Å². The second-order valence-electron chi connectivity index (χ2n) is 39.1. The number of pyridine rings is 1. The number of carboxylic acid groups (broad SMARTS) is 1. The Bertz CT molecular complexity index is 5160. The van der Waals surface area contributed by atoms with E-state index in [1.54, 1.807) is 65.5 Å². The number of nitrogens with one attached hydrogen (secondary N) is 2. The second kappa shape index (κ2) is 65.4. The number of hydrogen-bond acceptors (Lipinski definition) is 34. The van der Waals surface area contributed by atoms with E-state index < -0.39 is 82.1 Å². The molecule has 4 unspecified atom stereocenters. The molecule has 3 aromatic carbocycles. The van der Waals surface area contributed by atoms with Crippen molar-refractivity contribution in [3.8, 4) is 11.1 Å². The van der Waals surface area contributed by atoms with Crippen molar-refractivity contribution >= 4 is 89.9 Å². The molecule has 40 nitrogen and oxygen atoms in total. The molecule has 0 spiro atoms. The number of aromatic carboxylic acids is 1. The number of carbonyl (C=O) groups excluding carboxylic acids is 7. The average Bonchev–Trinajstić information content (AvgIpc) is 1.60. The minimum absolute atomic E-state index is 0.0331. The van der Waals surface area contributed by atoms with Crippen molar-refractivity contribution in [2.24, 2.45) is 28.6 Å². The summed E-state index contributed by atoms with van der Waals surface area (Å²) in [5.74, 6) is -5.38. The number of carbonyl (C=O) groups is 8. The highest BCUT2D eigenvalue weighted by Crippen LogP contribution is 2.61. The van der Waals surface area contributed by atoms with Gasteiger partial charge in [0.25, 0.3) is 27.8 Å². The molecule has 5 amide bonds. The Morgan fingerprint density at radius 3 is 1.68 bits per heavy atom. The van der Waals surface area contributed by atoms with Crippen LogP contribution in [-0.2, 0) is 158 Å². The molecule has 3 aromatic heterocycles. The monoisotopic (exact) mass is 2130 g/mol. The normalized spacial score (nSPS) is 17.6. The molecule has 2 saturated carbocycles. The van der Waals surface area contributed by atoms with Crippen LogP contribution in [0.5, 0.6) is 0 Å². The van der Waals surface area contributed by atoms with Crippen LogP contribution in [0, 0.1) is 35.5 Å². The van der Waals surface area contributed by atoms with Gasteiger partial charge in [0.2, 0.25) is 5.91 Å². The number of Topliss-reactive ketones (excluding diaryl/α,β-unsaturated/α-hetero) is 2. The molecule has 6 aromatic rings. The summed E-state index contributed by atoms with van der Waals surface area (Å²) in [4.78, 5) is 124. The molecule has 0 saturated heterocycles. The molecule has 4 N–H and O–H groups in total. The number of ketones is 2. The lowest BCUT2D eigenvalue weighted by atomic mass is 9.50. The highest BCUT2D eigenvalue weighted by molar-refractivity contribution is 7.85. The Morgan fingerprint density at radius 2 is 1.14 bits per heavy atom. The van der Waals surface area contributed by atoms with E-state index in [1.807, 2.05) is 65.0 Å². The highest BCUT2D eigenvalue weighted by atomic mass is 32.2. The van der Waals surface area contributed by atoms with Crippen LogP contribution >= 0.6 is 11.3 Å². The Hall–Kier alpha value is -9.20. The third kappa shape index (κ3) is 43.0. The minimum Gasteiger partial charge on any atom is -0.476 e. The van der Waals surface area contributed by atoms with E-state index in [4.69, 9.17) is 95.3 Å². The zero-order valence-electron chi connectivity index (χ0n) is 88.4. The summed E-state index contributed by atoms with van der Waals surface area (Å²) in [5, 5.41) is 22.2. The lowest BCUT2D eigenvalue weighted by Crippen LogP contribution is -2.54. The number of ether oxygens (including phenoxy) is 18. The number of nitrogens with zero attached hydrogens (tertiary/aromatic N) is 8. The van der Waals surface area contributed by atoms with Gasteiger partial charge < -0.3 is 110 Å². The van der Waals surface area contributed by atoms with E-state index in [1.165, 1.54) is 16.2 Å². The largest absolute Gasteiger partial charge is 0.476 e. The summed E-state index contributed by atoms with van der Waals surface area (Å²) in [7, 11) is -1.35. The minimum atomic E-state index is -4.60. The molecular formula is C107H158N10O30S2. The molecule has 2 aliphatic heterocycles.